The third kappa shape index (κ3) is 1.25. The summed E-state index contributed by atoms with van der Waals surface area (Å²) in [6, 6.07) is 3.86. The summed E-state index contributed by atoms with van der Waals surface area (Å²) >= 11 is 0. The fourth-order valence-corrected chi connectivity index (χ4v) is 1.42. The van der Waals surface area contributed by atoms with E-state index < -0.39 is 0 Å². The molecule has 4 nitrogen and oxygen atoms in total. The fraction of sp³-hybridized carbons (Fsp3) is 0.200. The number of rotatable bonds is 1. The summed E-state index contributed by atoms with van der Waals surface area (Å²) in [6.45, 7) is 1.96. The molecule has 0 fully saturated rings. The van der Waals surface area contributed by atoms with E-state index >= 15 is 0 Å². The number of nitrogens with zero attached hydrogens (tertiary/aromatic N) is 3. The topological polar surface area (TPSA) is 56.7 Å². The standard InChI is InChI=1S/C10H12N4/c1-7-9(13-14(2)10(7)11)8-4-3-5-12-6-8/h3-6H,11H2,1-2H3. The van der Waals surface area contributed by atoms with E-state index in [0.717, 1.165) is 16.8 Å². The highest BCUT2D eigenvalue weighted by Crippen LogP contribution is 2.24. The largest absolute Gasteiger partial charge is 0.384 e. The lowest BCUT2D eigenvalue weighted by atomic mass is 10.1. The molecule has 2 aromatic rings. The van der Waals surface area contributed by atoms with Crippen molar-refractivity contribution in [2.24, 2.45) is 7.05 Å². The normalized spacial score (nSPS) is 10.4. The number of aromatic nitrogens is 3. The third-order valence-electron chi connectivity index (χ3n) is 2.27. The van der Waals surface area contributed by atoms with Crippen LogP contribution in [0, 0.1) is 6.92 Å². The molecule has 2 aromatic heterocycles. The van der Waals surface area contributed by atoms with Gasteiger partial charge in [0.25, 0.3) is 0 Å². The summed E-state index contributed by atoms with van der Waals surface area (Å²) < 4.78 is 1.68. The molecule has 0 amide bonds. The van der Waals surface area contributed by atoms with Gasteiger partial charge in [-0.2, -0.15) is 5.10 Å². The zero-order valence-electron chi connectivity index (χ0n) is 8.23. The monoisotopic (exact) mass is 188 g/mol. The molecule has 0 saturated heterocycles. The maximum Gasteiger partial charge on any atom is 0.124 e. The Kier molecular flexibility index (Phi) is 1.96. The maximum absolute atomic E-state index is 5.82. The quantitative estimate of drug-likeness (QED) is 0.735. The van der Waals surface area contributed by atoms with Gasteiger partial charge in [-0.15, -0.1) is 0 Å². The molecule has 0 aliphatic heterocycles. The van der Waals surface area contributed by atoms with Gasteiger partial charge in [-0.25, -0.2) is 0 Å². The van der Waals surface area contributed by atoms with E-state index in [2.05, 4.69) is 10.1 Å². The summed E-state index contributed by atoms with van der Waals surface area (Å²) in [5.41, 5.74) is 8.72. The summed E-state index contributed by atoms with van der Waals surface area (Å²) in [4.78, 5) is 4.05. The number of hydrogen-bond donors (Lipinski definition) is 1. The number of hydrogen-bond acceptors (Lipinski definition) is 3. The van der Waals surface area contributed by atoms with Gasteiger partial charge in [0.1, 0.15) is 5.82 Å². The summed E-state index contributed by atoms with van der Waals surface area (Å²) in [7, 11) is 1.84. The van der Waals surface area contributed by atoms with Gasteiger partial charge in [-0.1, -0.05) is 0 Å². The van der Waals surface area contributed by atoms with E-state index in [-0.39, 0.29) is 0 Å². The summed E-state index contributed by atoms with van der Waals surface area (Å²) in [5.74, 6) is 0.698. The van der Waals surface area contributed by atoms with Crippen molar-refractivity contribution in [1.82, 2.24) is 14.8 Å². The van der Waals surface area contributed by atoms with Crippen LogP contribution in [0.2, 0.25) is 0 Å². The van der Waals surface area contributed by atoms with Gasteiger partial charge in [0.05, 0.1) is 5.69 Å². The second kappa shape index (κ2) is 3.14. The Morgan fingerprint density at radius 3 is 2.71 bits per heavy atom. The maximum atomic E-state index is 5.82. The smallest absolute Gasteiger partial charge is 0.124 e. The van der Waals surface area contributed by atoms with Crippen LogP contribution in [0.3, 0.4) is 0 Å². The Labute approximate surface area is 82.4 Å². The van der Waals surface area contributed by atoms with Crippen molar-refractivity contribution < 1.29 is 0 Å². The Hall–Kier alpha value is -1.84. The molecule has 14 heavy (non-hydrogen) atoms. The summed E-state index contributed by atoms with van der Waals surface area (Å²) in [5, 5.41) is 4.33. The molecule has 72 valence electrons. The van der Waals surface area contributed by atoms with Crippen LogP contribution in [0.4, 0.5) is 5.82 Å². The predicted octanol–water partition coefficient (Wildman–Crippen LogP) is 1.37. The van der Waals surface area contributed by atoms with Crippen molar-refractivity contribution in [3.8, 4) is 11.3 Å². The van der Waals surface area contributed by atoms with Gasteiger partial charge >= 0.3 is 0 Å². The average Bonchev–Trinajstić information content (AvgIpc) is 2.47. The van der Waals surface area contributed by atoms with Gasteiger partial charge in [0, 0.05) is 30.6 Å². The van der Waals surface area contributed by atoms with Crippen molar-refractivity contribution in [3.63, 3.8) is 0 Å². The Morgan fingerprint density at radius 1 is 1.43 bits per heavy atom. The van der Waals surface area contributed by atoms with Crippen LogP contribution >= 0.6 is 0 Å². The van der Waals surface area contributed by atoms with E-state index in [9.17, 15) is 0 Å². The molecular weight excluding hydrogens is 176 g/mol. The lowest BCUT2D eigenvalue weighted by Gasteiger charge is -1.95. The molecule has 0 saturated carbocycles. The molecule has 0 bridgehead atoms. The third-order valence-corrected chi connectivity index (χ3v) is 2.27. The molecule has 2 heterocycles. The zero-order chi connectivity index (χ0) is 10.1. The van der Waals surface area contributed by atoms with Crippen LogP contribution in [0.25, 0.3) is 11.3 Å². The van der Waals surface area contributed by atoms with Crippen LogP contribution in [-0.2, 0) is 7.05 Å². The van der Waals surface area contributed by atoms with Gasteiger partial charge in [0.15, 0.2) is 0 Å². The van der Waals surface area contributed by atoms with Crippen LogP contribution in [0.1, 0.15) is 5.56 Å². The highest BCUT2D eigenvalue weighted by molar-refractivity contribution is 5.66. The molecule has 4 heteroatoms. The summed E-state index contributed by atoms with van der Waals surface area (Å²) in [6.07, 6.45) is 3.53. The Balaban J connectivity index is 2.58. The minimum Gasteiger partial charge on any atom is -0.384 e. The van der Waals surface area contributed by atoms with E-state index in [1.807, 2.05) is 26.1 Å². The number of nitrogen functional groups attached to an aromatic ring is 1. The molecule has 0 unspecified atom stereocenters. The molecule has 0 atom stereocenters. The lowest BCUT2D eigenvalue weighted by Crippen LogP contribution is -1.97. The van der Waals surface area contributed by atoms with Crippen molar-refractivity contribution in [1.29, 1.82) is 0 Å². The molecular formula is C10H12N4. The molecule has 0 aliphatic carbocycles. The molecule has 0 aromatic carbocycles. The van der Waals surface area contributed by atoms with E-state index in [1.165, 1.54) is 0 Å². The number of anilines is 1. The van der Waals surface area contributed by atoms with E-state index in [1.54, 1.807) is 17.1 Å². The van der Waals surface area contributed by atoms with Crippen LogP contribution in [-0.4, -0.2) is 14.8 Å². The second-order valence-electron chi connectivity index (χ2n) is 3.22. The first-order valence-corrected chi connectivity index (χ1v) is 4.39. The van der Waals surface area contributed by atoms with E-state index in [4.69, 9.17) is 5.73 Å². The van der Waals surface area contributed by atoms with Gasteiger partial charge in [-0.05, 0) is 19.1 Å². The van der Waals surface area contributed by atoms with Crippen molar-refractivity contribution in [3.05, 3.63) is 30.1 Å². The molecule has 0 spiro atoms. The van der Waals surface area contributed by atoms with Crippen LogP contribution in [0.5, 0.6) is 0 Å². The lowest BCUT2D eigenvalue weighted by molar-refractivity contribution is 0.782. The minimum atomic E-state index is 0.698. The van der Waals surface area contributed by atoms with Gasteiger partial charge in [0.2, 0.25) is 0 Å². The molecule has 0 aliphatic rings. The average molecular weight is 188 g/mol. The Morgan fingerprint density at radius 2 is 2.21 bits per heavy atom. The first-order valence-electron chi connectivity index (χ1n) is 4.39. The van der Waals surface area contributed by atoms with Crippen molar-refractivity contribution >= 4 is 5.82 Å². The Bertz CT molecular complexity index is 445. The molecule has 0 radical (unpaired) electrons. The number of nitrogens with two attached hydrogens (primary N) is 1. The van der Waals surface area contributed by atoms with E-state index in [0.29, 0.717) is 5.82 Å². The van der Waals surface area contributed by atoms with Crippen LogP contribution in [0.15, 0.2) is 24.5 Å². The zero-order valence-corrected chi connectivity index (χ0v) is 8.23. The van der Waals surface area contributed by atoms with Gasteiger partial charge in [-0.3, -0.25) is 9.67 Å². The fourth-order valence-electron chi connectivity index (χ4n) is 1.42. The van der Waals surface area contributed by atoms with Gasteiger partial charge < -0.3 is 5.73 Å². The highest BCUT2D eigenvalue weighted by atomic mass is 15.3. The van der Waals surface area contributed by atoms with Crippen LogP contribution < -0.4 is 5.73 Å². The SMILES string of the molecule is Cc1c(-c2cccnc2)nn(C)c1N. The highest BCUT2D eigenvalue weighted by Gasteiger charge is 2.10. The first-order chi connectivity index (χ1) is 6.70. The van der Waals surface area contributed by atoms with Crippen molar-refractivity contribution in [2.75, 3.05) is 5.73 Å². The predicted molar refractivity (Wildman–Crippen MR) is 55.6 cm³/mol. The minimum absolute atomic E-state index is 0.698. The number of pyridine rings is 1. The number of aryl methyl sites for hydroxylation is 1. The second-order valence-corrected chi connectivity index (χ2v) is 3.22. The molecule has 2 N–H and O–H groups in total. The first kappa shape index (κ1) is 8.74. The van der Waals surface area contributed by atoms with Crippen molar-refractivity contribution in [2.45, 2.75) is 6.92 Å². The molecule has 2 rings (SSSR count).